The predicted molar refractivity (Wildman–Crippen MR) is 99.9 cm³/mol. The first-order valence-electron chi connectivity index (χ1n) is 9.09. The Balaban J connectivity index is 1.64. The van der Waals surface area contributed by atoms with Gasteiger partial charge in [-0.25, -0.2) is 4.98 Å². The smallest absolute Gasteiger partial charge is 0.256 e. The molecule has 3 aromatic rings. The molecular weight excluding hydrogens is 328 g/mol. The molecule has 0 saturated carbocycles. The van der Waals surface area contributed by atoms with Crippen LogP contribution in [-0.2, 0) is 24.9 Å². The number of hydrogen-bond acceptors (Lipinski definition) is 3. The highest BCUT2D eigenvalue weighted by Crippen LogP contribution is 2.29. The van der Waals surface area contributed by atoms with Gasteiger partial charge in [-0.1, -0.05) is 18.2 Å². The monoisotopic (exact) mass is 352 g/mol. The Hall–Kier alpha value is -2.60. The van der Waals surface area contributed by atoms with E-state index in [4.69, 9.17) is 4.74 Å². The molecule has 0 N–H and O–H groups in total. The van der Waals surface area contributed by atoms with Gasteiger partial charge in [0.15, 0.2) is 0 Å². The fourth-order valence-corrected chi connectivity index (χ4v) is 3.83. The second-order valence-corrected chi connectivity index (χ2v) is 6.74. The van der Waals surface area contributed by atoms with Gasteiger partial charge in [-0.2, -0.15) is 0 Å². The molecule has 4 rings (SSSR count). The van der Waals surface area contributed by atoms with Gasteiger partial charge in [-0.05, 0) is 19.9 Å². The van der Waals surface area contributed by atoms with Crippen molar-refractivity contribution in [3.8, 4) is 0 Å². The lowest BCUT2D eigenvalue weighted by Crippen LogP contribution is -2.41. The zero-order valence-corrected chi connectivity index (χ0v) is 15.5. The molecule has 1 atom stereocenters. The van der Waals surface area contributed by atoms with Crippen LogP contribution in [0.4, 0.5) is 0 Å². The number of carbonyl (C=O) groups excluding carboxylic acids is 1. The number of imidazole rings is 1. The Bertz CT molecular complexity index is 956. The molecule has 1 aromatic carbocycles. The molecule has 136 valence electrons. The van der Waals surface area contributed by atoms with Crippen LogP contribution < -0.4 is 0 Å². The number of benzene rings is 1. The van der Waals surface area contributed by atoms with Gasteiger partial charge < -0.3 is 18.8 Å². The summed E-state index contributed by atoms with van der Waals surface area (Å²) in [6.07, 6.45) is 3.80. The second-order valence-electron chi connectivity index (χ2n) is 6.74. The lowest BCUT2D eigenvalue weighted by Gasteiger charge is -2.34. The number of para-hydroxylation sites is 1. The van der Waals surface area contributed by atoms with Crippen molar-refractivity contribution in [2.45, 2.75) is 33.0 Å². The van der Waals surface area contributed by atoms with Crippen molar-refractivity contribution in [2.24, 2.45) is 7.05 Å². The van der Waals surface area contributed by atoms with E-state index in [0.29, 0.717) is 19.8 Å². The van der Waals surface area contributed by atoms with Gasteiger partial charge >= 0.3 is 0 Å². The second kappa shape index (κ2) is 6.61. The number of aryl methyl sites for hydroxylation is 1. The molecule has 0 bridgehead atoms. The Labute approximate surface area is 153 Å². The Kier molecular flexibility index (Phi) is 4.28. The minimum Gasteiger partial charge on any atom is -0.375 e. The van der Waals surface area contributed by atoms with Crippen LogP contribution in [0.25, 0.3) is 10.9 Å². The van der Waals surface area contributed by atoms with E-state index >= 15 is 0 Å². The standard InChI is InChI=1S/C20H24N4O2/c1-4-26-13-15-11-21-19-14(2)23(9-10-24(15)19)20(25)17-12-22(3)18-8-6-5-7-16(17)18/h5-8,11-12,14H,4,9-10,13H2,1-3H3. The van der Waals surface area contributed by atoms with Gasteiger partial charge in [0, 0.05) is 43.8 Å². The largest absolute Gasteiger partial charge is 0.375 e. The van der Waals surface area contributed by atoms with E-state index in [-0.39, 0.29) is 11.9 Å². The lowest BCUT2D eigenvalue weighted by atomic mass is 10.1. The number of fused-ring (bicyclic) bond motifs is 2. The predicted octanol–water partition coefficient (Wildman–Crippen LogP) is 3.13. The van der Waals surface area contributed by atoms with Crippen LogP contribution >= 0.6 is 0 Å². The third-order valence-corrected chi connectivity index (χ3v) is 5.22. The third-order valence-electron chi connectivity index (χ3n) is 5.22. The Morgan fingerprint density at radius 2 is 2.12 bits per heavy atom. The topological polar surface area (TPSA) is 52.3 Å². The van der Waals surface area contributed by atoms with E-state index < -0.39 is 0 Å². The van der Waals surface area contributed by atoms with Gasteiger partial charge in [-0.3, -0.25) is 4.79 Å². The van der Waals surface area contributed by atoms with Gasteiger partial charge in [-0.15, -0.1) is 0 Å². The van der Waals surface area contributed by atoms with Crippen LogP contribution in [0.5, 0.6) is 0 Å². The summed E-state index contributed by atoms with van der Waals surface area (Å²) in [4.78, 5) is 19.8. The normalized spacial score (nSPS) is 16.9. The summed E-state index contributed by atoms with van der Waals surface area (Å²) in [5, 5.41) is 0.998. The van der Waals surface area contributed by atoms with Crippen molar-refractivity contribution in [2.75, 3.05) is 13.2 Å². The first-order chi connectivity index (χ1) is 12.6. The maximum absolute atomic E-state index is 13.3. The molecule has 6 nitrogen and oxygen atoms in total. The molecule has 1 aliphatic rings. The number of hydrogen-bond donors (Lipinski definition) is 0. The van der Waals surface area contributed by atoms with E-state index in [0.717, 1.165) is 34.5 Å². The van der Waals surface area contributed by atoms with Crippen LogP contribution in [-0.4, -0.2) is 38.1 Å². The first-order valence-corrected chi connectivity index (χ1v) is 9.09. The molecule has 2 aromatic heterocycles. The summed E-state index contributed by atoms with van der Waals surface area (Å²) in [5.74, 6) is 0.995. The molecule has 26 heavy (non-hydrogen) atoms. The summed E-state index contributed by atoms with van der Waals surface area (Å²) in [6.45, 7) is 6.70. The van der Waals surface area contributed by atoms with E-state index in [2.05, 4.69) is 9.55 Å². The molecular formula is C20H24N4O2. The van der Waals surface area contributed by atoms with Gasteiger partial charge in [0.1, 0.15) is 5.82 Å². The van der Waals surface area contributed by atoms with Crippen molar-refractivity contribution in [1.29, 1.82) is 0 Å². The molecule has 0 spiro atoms. The van der Waals surface area contributed by atoms with Crippen LogP contribution in [0.15, 0.2) is 36.7 Å². The molecule has 3 heterocycles. The van der Waals surface area contributed by atoms with Crippen molar-refractivity contribution in [3.63, 3.8) is 0 Å². The number of rotatable bonds is 4. The van der Waals surface area contributed by atoms with E-state index in [1.807, 2.05) is 67.0 Å². The molecule has 1 unspecified atom stereocenters. The lowest BCUT2D eigenvalue weighted by molar-refractivity contribution is 0.0631. The third kappa shape index (κ3) is 2.61. The number of ether oxygens (including phenoxy) is 1. The highest BCUT2D eigenvalue weighted by molar-refractivity contribution is 6.07. The fraction of sp³-hybridized carbons (Fsp3) is 0.400. The number of amides is 1. The minimum atomic E-state index is -0.0643. The fourth-order valence-electron chi connectivity index (χ4n) is 3.83. The average molecular weight is 352 g/mol. The first kappa shape index (κ1) is 16.8. The molecule has 0 saturated heterocycles. The average Bonchev–Trinajstić information content (AvgIpc) is 3.22. The van der Waals surface area contributed by atoms with Gasteiger partial charge in [0.2, 0.25) is 0 Å². The summed E-state index contributed by atoms with van der Waals surface area (Å²) >= 11 is 0. The number of nitrogens with zero attached hydrogens (tertiary/aromatic N) is 4. The zero-order valence-electron chi connectivity index (χ0n) is 15.5. The van der Waals surface area contributed by atoms with E-state index in [1.54, 1.807) is 0 Å². The minimum absolute atomic E-state index is 0.0643. The zero-order chi connectivity index (χ0) is 18.3. The highest BCUT2D eigenvalue weighted by atomic mass is 16.5. The summed E-state index contributed by atoms with van der Waals surface area (Å²) in [7, 11) is 1.98. The Morgan fingerprint density at radius 1 is 1.31 bits per heavy atom. The maximum Gasteiger partial charge on any atom is 0.256 e. The summed E-state index contributed by atoms with van der Waals surface area (Å²) in [6, 6.07) is 7.96. The molecule has 6 heteroatoms. The number of aromatic nitrogens is 3. The SMILES string of the molecule is CCOCc1cnc2n1CCN(C(=O)c1cn(C)c3ccccc13)C2C. The molecule has 1 amide bonds. The summed E-state index contributed by atoms with van der Waals surface area (Å²) < 4.78 is 9.73. The maximum atomic E-state index is 13.3. The summed E-state index contributed by atoms with van der Waals surface area (Å²) in [5.41, 5.74) is 2.90. The molecule has 0 aliphatic carbocycles. The van der Waals surface area contributed by atoms with Crippen molar-refractivity contribution >= 4 is 16.8 Å². The van der Waals surface area contributed by atoms with Gasteiger partial charge in [0.25, 0.3) is 5.91 Å². The number of carbonyl (C=O) groups is 1. The Morgan fingerprint density at radius 3 is 2.92 bits per heavy atom. The molecule has 0 fully saturated rings. The highest BCUT2D eigenvalue weighted by Gasteiger charge is 2.32. The van der Waals surface area contributed by atoms with Crippen molar-refractivity contribution < 1.29 is 9.53 Å². The van der Waals surface area contributed by atoms with Crippen LogP contribution in [0.3, 0.4) is 0 Å². The molecule has 1 aliphatic heterocycles. The van der Waals surface area contributed by atoms with Crippen molar-refractivity contribution in [3.05, 3.63) is 53.7 Å². The van der Waals surface area contributed by atoms with Crippen LogP contribution in [0, 0.1) is 0 Å². The van der Waals surface area contributed by atoms with Crippen LogP contribution in [0.1, 0.15) is 41.8 Å². The quantitative estimate of drug-likeness (QED) is 0.725. The van der Waals surface area contributed by atoms with Crippen molar-refractivity contribution in [1.82, 2.24) is 19.0 Å². The van der Waals surface area contributed by atoms with E-state index in [1.165, 1.54) is 0 Å². The molecule has 0 radical (unpaired) electrons. The van der Waals surface area contributed by atoms with E-state index in [9.17, 15) is 4.79 Å². The van der Waals surface area contributed by atoms with Crippen LogP contribution in [0.2, 0.25) is 0 Å². The van der Waals surface area contributed by atoms with Gasteiger partial charge in [0.05, 0.1) is 30.1 Å².